The lowest BCUT2D eigenvalue weighted by Gasteiger charge is -2.31. The molecule has 0 fully saturated rings. The van der Waals surface area contributed by atoms with Crippen LogP contribution in [0.15, 0.2) is 370 Å². The van der Waals surface area contributed by atoms with Crippen molar-refractivity contribution in [2.75, 3.05) is 19.6 Å². The standard InChI is InChI=1S/C119H100N4O4Si4/c1-119(2,77-57-61-81(62-58-77)122(101-43-23-35-85-89-39-27-47-105(130(9,10)11)117(89)126-113(85)101)97-71-55-75-49-65-91-95(69-53-73-51-67-93(97)109(75)107(73)91)120(79-29-17-15-18-30-79)99-41-21-33-83-87-37-25-45-103(128(3,4)5)115(87)124-111(83)99)78-59-63-82(64-60-78)123(102-44-24-36-86-90-40-28-48-106(131(12,13)14)118(90)127-114(86)102)98-72-56-76-50-66-92-96(70-54-74-52-68-94(98)110(76)108(74)92)121(80-31-19-16-20-32-80)100-42-22-34-84-88-38-26-46-104(129(6,7)8)116(88)125-112(84)100/h15-72H,1-14H3. The van der Waals surface area contributed by atoms with Crippen molar-refractivity contribution in [2.45, 2.75) is 97.8 Å². The summed E-state index contributed by atoms with van der Waals surface area (Å²) in [5.41, 5.74) is 21.6. The Balaban J connectivity index is 0.650. The summed E-state index contributed by atoms with van der Waals surface area (Å²) in [6.07, 6.45) is 0. The second-order valence-corrected chi connectivity index (χ2v) is 60.8. The lowest BCUT2D eigenvalue weighted by atomic mass is 9.78. The minimum Gasteiger partial charge on any atom is -0.454 e. The van der Waals surface area contributed by atoms with Gasteiger partial charge in [-0.3, -0.25) is 0 Å². The van der Waals surface area contributed by atoms with E-state index in [0.29, 0.717) is 0 Å². The van der Waals surface area contributed by atoms with Crippen LogP contribution < -0.4 is 40.3 Å². The van der Waals surface area contributed by atoms with E-state index in [9.17, 15) is 0 Å². The Bertz CT molecular complexity index is 8250. The fourth-order valence-corrected chi connectivity index (χ4v) is 27.5. The zero-order chi connectivity index (χ0) is 89.2. The average molecular weight is 1760 g/mol. The van der Waals surface area contributed by atoms with Crippen LogP contribution in [-0.2, 0) is 5.41 Å². The molecule has 0 saturated carbocycles. The molecule has 0 unspecified atom stereocenters. The molecule has 12 heteroatoms. The Morgan fingerprint density at radius 3 is 0.611 bits per heavy atom. The zero-order valence-corrected chi connectivity index (χ0v) is 80.4. The molecule has 0 aliphatic heterocycles. The van der Waals surface area contributed by atoms with E-state index in [4.69, 9.17) is 17.7 Å². The molecule has 24 rings (SSSR count). The van der Waals surface area contributed by atoms with Gasteiger partial charge in [-0.05, 0) is 172 Å². The third-order valence-corrected chi connectivity index (χ3v) is 36.2. The van der Waals surface area contributed by atoms with Crippen LogP contribution in [0.5, 0.6) is 0 Å². The highest BCUT2D eigenvalue weighted by Crippen LogP contribution is 2.55. The first-order valence-electron chi connectivity index (χ1n) is 46.0. The van der Waals surface area contributed by atoms with Crippen LogP contribution in [0, 0.1) is 0 Å². The van der Waals surface area contributed by atoms with Crippen LogP contribution in [0.4, 0.5) is 68.2 Å². The van der Waals surface area contributed by atoms with Gasteiger partial charge in [0.15, 0.2) is 22.3 Å². The Morgan fingerprint density at radius 1 is 0.176 bits per heavy atom. The molecule has 24 aromatic rings. The van der Waals surface area contributed by atoms with E-state index < -0.39 is 37.7 Å². The Morgan fingerprint density at radius 2 is 0.382 bits per heavy atom. The van der Waals surface area contributed by atoms with Gasteiger partial charge in [0.05, 0.1) is 77.8 Å². The summed E-state index contributed by atoms with van der Waals surface area (Å²) in [5.74, 6) is 0. The maximum atomic E-state index is 7.45. The van der Waals surface area contributed by atoms with Crippen molar-refractivity contribution < 1.29 is 17.7 Å². The minimum atomic E-state index is -1.89. The maximum absolute atomic E-state index is 7.45. The molecule has 0 spiro atoms. The van der Waals surface area contributed by atoms with E-state index >= 15 is 0 Å². The highest BCUT2D eigenvalue weighted by Gasteiger charge is 2.35. The Kier molecular flexibility index (Phi) is 18.0. The van der Waals surface area contributed by atoms with Crippen LogP contribution in [0.2, 0.25) is 78.6 Å². The summed E-state index contributed by atoms with van der Waals surface area (Å²) >= 11 is 0. The molecular formula is C119H100N4O4Si4. The van der Waals surface area contributed by atoms with Crippen molar-refractivity contribution in [3.63, 3.8) is 0 Å². The van der Waals surface area contributed by atoms with E-state index in [1.165, 1.54) is 75.0 Å². The fraction of sp³-hybridized carbons (Fsp3) is 0.126. The minimum absolute atomic E-state index is 0.471. The maximum Gasteiger partial charge on any atom is 0.159 e. The van der Waals surface area contributed by atoms with E-state index in [0.717, 1.165) is 178 Å². The van der Waals surface area contributed by atoms with Crippen LogP contribution >= 0.6 is 0 Å². The first-order chi connectivity index (χ1) is 63.3. The molecular weight excluding hydrogens is 1660 g/mol. The molecule has 0 N–H and O–H groups in total. The highest BCUT2D eigenvalue weighted by atomic mass is 28.3. The molecule has 4 aromatic heterocycles. The summed E-state index contributed by atoms with van der Waals surface area (Å²) in [6, 6.07) is 131. The number of para-hydroxylation sites is 10. The molecule has 0 bridgehead atoms. The quantitative estimate of drug-likeness (QED) is 0.0622. The second-order valence-electron chi connectivity index (χ2n) is 40.7. The summed E-state index contributed by atoms with van der Waals surface area (Å²) in [5, 5.41) is 28.3. The topological polar surface area (TPSA) is 65.5 Å². The van der Waals surface area contributed by atoms with Crippen molar-refractivity contribution >= 4 is 274 Å². The fourth-order valence-electron chi connectivity index (χ4n) is 21.6. The van der Waals surface area contributed by atoms with Crippen LogP contribution in [0.25, 0.3) is 152 Å². The van der Waals surface area contributed by atoms with Gasteiger partial charge in [-0.2, -0.15) is 0 Å². The van der Waals surface area contributed by atoms with Gasteiger partial charge in [0, 0.05) is 92.8 Å². The van der Waals surface area contributed by atoms with Gasteiger partial charge in [0.2, 0.25) is 0 Å². The van der Waals surface area contributed by atoms with Crippen molar-refractivity contribution in [3.8, 4) is 0 Å². The smallest absolute Gasteiger partial charge is 0.159 e. The van der Waals surface area contributed by atoms with Crippen molar-refractivity contribution in [1.29, 1.82) is 0 Å². The molecule has 0 saturated heterocycles. The number of anilines is 12. The normalized spacial score (nSPS) is 12.8. The largest absolute Gasteiger partial charge is 0.454 e. The molecule has 4 heterocycles. The van der Waals surface area contributed by atoms with Gasteiger partial charge >= 0.3 is 0 Å². The first kappa shape index (κ1) is 80.1. The van der Waals surface area contributed by atoms with Gasteiger partial charge in [-0.25, -0.2) is 0 Å². The monoisotopic (exact) mass is 1760 g/mol. The summed E-state index contributed by atoms with van der Waals surface area (Å²) in [4.78, 5) is 9.79. The van der Waals surface area contributed by atoms with E-state index in [-0.39, 0.29) is 0 Å². The van der Waals surface area contributed by atoms with Crippen LogP contribution in [-0.4, -0.2) is 32.3 Å². The third kappa shape index (κ3) is 12.5. The van der Waals surface area contributed by atoms with Gasteiger partial charge in [0.1, 0.15) is 22.3 Å². The first-order valence-corrected chi connectivity index (χ1v) is 60.0. The second kappa shape index (κ2) is 29.4. The Hall–Kier alpha value is -14.3. The van der Waals surface area contributed by atoms with Crippen molar-refractivity contribution in [2.24, 2.45) is 0 Å². The lowest BCUT2D eigenvalue weighted by molar-refractivity contribution is 0.641. The van der Waals surface area contributed by atoms with E-state index in [1.54, 1.807) is 0 Å². The molecule has 0 atom stereocenters. The van der Waals surface area contributed by atoms with E-state index in [2.05, 4.69) is 464 Å². The zero-order valence-electron chi connectivity index (χ0n) is 76.4. The summed E-state index contributed by atoms with van der Waals surface area (Å²) in [7, 11) is -7.40. The molecule has 0 aliphatic rings. The molecule has 636 valence electrons. The third-order valence-electron chi connectivity index (χ3n) is 28.1. The molecule has 0 radical (unpaired) electrons. The van der Waals surface area contributed by atoms with Gasteiger partial charge in [-0.15, -0.1) is 0 Å². The van der Waals surface area contributed by atoms with Crippen molar-refractivity contribution in [3.05, 3.63) is 363 Å². The number of benzene rings is 20. The highest BCUT2D eigenvalue weighted by molar-refractivity contribution is 6.92. The average Bonchev–Trinajstić information content (AvgIpc) is 0.853. The Labute approximate surface area is 766 Å². The molecule has 0 amide bonds. The number of furan rings is 4. The predicted molar refractivity (Wildman–Crippen MR) is 572 cm³/mol. The SMILES string of the molecule is CC(C)(c1ccc(N(c2ccc3ccc4c(N(c5ccccc5)c5cccc6c5oc5c([Si](C)(C)C)cccc56)ccc5ccc2c3c54)c2cccc3c2oc2c([Si](C)(C)C)cccc23)cc1)c1ccc(N(c2ccc3ccc4c(N(c5ccccc5)c5cccc6c5oc5c([Si](C)(C)C)cccc56)ccc5ccc2c3c54)c2cccc3c2oc2c([Si](C)(C)C)cccc23)cc1. The predicted octanol–water partition coefficient (Wildman–Crippen LogP) is 33.5. The van der Waals surface area contributed by atoms with Crippen molar-refractivity contribution in [1.82, 2.24) is 0 Å². The number of hydrogen-bond donors (Lipinski definition) is 0. The van der Waals surface area contributed by atoms with Gasteiger partial charge in [-0.1, -0.05) is 347 Å². The van der Waals surface area contributed by atoms with Gasteiger partial charge in [0.25, 0.3) is 0 Å². The molecule has 131 heavy (non-hydrogen) atoms. The number of nitrogens with zero attached hydrogens (tertiary/aromatic N) is 4. The lowest BCUT2D eigenvalue weighted by Crippen LogP contribution is -2.37. The number of hydrogen-bond acceptors (Lipinski definition) is 8. The van der Waals surface area contributed by atoms with Crippen LogP contribution in [0.3, 0.4) is 0 Å². The van der Waals surface area contributed by atoms with Gasteiger partial charge < -0.3 is 37.3 Å². The molecule has 8 nitrogen and oxygen atoms in total. The molecule has 0 aliphatic carbocycles. The number of rotatable bonds is 18. The summed E-state index contributed by atoms with van der Waals surface area (Å²) in [6.45, 7) is 33.7. The molecule has 20 aromatic carbocycles. The summed E-state index contributed by atoms with van der Waals surface area (Å²) < 4.78 is 29.4. The van der Waals surface area contributed by atoms with E-state index in [1.807, 2.05) is 0 Å². The number of fused-ring (bicyclic) bond motifs is 12. The van der Waals surface area contributed by atoms with Crippen LogP contribution in [0.1, 0.15) is 25.0 Å².